The molecular weight excluding hydrogens is 578 g/mol. The van der Waals surface area contributed by atoms with Gasteiger partial charge in [-0.25, -0.2) is 9.59 Å². The number of hydrogen-bond donors (Lipinski definition) is 2. The molecule has 2 saturated heterocycles. The van der Waals surface area contributed by atoms with Crippen molar-refractivity contribution in [2.75, 3.05) is 46.4 Å². The Hall–Kier alpha value is -2.89. The average molecular weight is 634 g/mol. The Balaban J connectivity index is 1.70. The predicted molar refractivity (Wildman–Crippen MR) is 171 cm³/mol. The van der Waals surface area contributed by atoms with Gasteiger partial charge in [0.05, 0.1) is 19.1 Å². The lowest BCUT2D eigenvalue weighted by Gasteiger charge is -2.36. The third kappa shape index (κ3) is 10.9. The highest BCUT2D eigenvalue weighted by Crippen LogP contribution is 2.29. The van der Waals surface area contributed by atoms with Gasteiger partial charge in [-0.1, -0.05) is 38.2 Å². The summed E-state index contributed by atoms with van der Waals surface area (Å²) in [5.41, 5.74) is -0.885. The van der Waals surface area contributed by atoms with E-state index in [1.54, 1.807) is 28.9 Å². The SMILES string of the molecule is C/C(=C\C=C\[C@@H](C)COC(=O)N1CCCC1(C)C)[C@H]1OC(=O)C[C@@H](O)CC[C@](C)(O)[C@@H](OC(=O)N2CCN(C)CC2)/C=C\[C@@H]1C. The number of hydrogen-bond acceptors (Lipinski definition) is 9. The third-order valence-corrected chi connectivity index (χ3v) is 9.15. The molecular formula is C34H55N3O8. The number of likely N-dealkylation sites (tertiary alicyclic amines) is 1. The molecule has 2 N–H and O–H groups in total. The number of nitrogens with zero attached hydrogens (tertiary/aromatic N) is 3. The van der Waals surface area contributed by atoms with Crippen molar-refractivity contribution in [2.24, 2.45) is 11.8 Å². The first-order valence-corrected chi connectivity index (χ1v) is 16.3. The maximum Gasteiger partial charge on any atom is 0.410 e. The Morgan fingerprint density at radius 3 is 2.44 bits per heavy atom. The van der Waals surface area contributed by atoms with Crippen molar-refractivity contribution >= 4 is 18.2 Å². The van der Waals surface area contributed by atoms with Crippen molar-refractivity contribution in [3.8, 4) is 0 Å². The molecule has 2 amide bonds. The number of esters is 1. The zero-order valence-electron chi connectivity index (χ0n) is 28.2. The molecule has 0 aromatic carbocycles. The second kappa shape index (κ2) is 16.1. The van der Waals surface area contributed by atoms with Gasteiger partial charge in [0.15, 0.2) is 6.10 Å². The van der Waals surface area contributed by atoms with E-state index < -0.39 is 36.0 Å². The first-order valence-electron chi connectivity index (χ1n) is 16.3. The van der Waals surface area contributed by atoms with E-state index in [2.05, 4.69) is 4.90 Å². The zero-order valence-corrected chi connectivity index (χ0v) is 28.2. The number of likely N-dealkylation sites (N-methyl/N-ethyl adjacent to an activating group) is 1. The van der Waals surface area contributed by atoms with Crippen LogP contribution < -0.4 is 0 Å². The van der Waals surface area contributed by atoms with E-state index in [0.29, 0.717) is 19.6 Å². The van der Waals surface area contributed by atoms with Crippen molar-refractivity contribution in [2.45, 2.75) is 103 Å². The van der Waals surface area contributed by atoms with Crippen LogP contribution in [-0.4, -0.2) is 119 Å². The van der Waals surface area contributed by atoms with Gasteiger partial charge >= 0.3 is 18.2 Å². The summed E-state index contributed by atoms with van der Waals surface area (Å²) in [5.74, 6) is -0.904. The number of ether oxygens (including phenoxy) is 3. The molecule has 0 unspecified atom stereocenters. The fraction of sp³-hybridized carbons (Fsp3) is 0.735. The highest BCUT2D eigenvalue weighted by atomic mass is 16.6. The lowest BCUT2D eigenvalue weighted by molar-refractivity contribution is -0.151. The second-order valence-corrected chi connectivity index (χ2v) is 13.9. The van der Waals surface area contributed by atoms with Crippen molar-refractivity contribution in [1.29, 1.82) is 0 Å². The molecule has 0 spiro atoms. The average Bonchev–Trinajstić information content (AvgIpc) is 3.33. The van der Waals surface area contributed by atoms with Gasteiger partial charge in [0, 0.05) is 50.1 Å². The van der Waals surface area contributed by atoms with E-state index in [0.717, 1.165) is 31.5 Å². The van der Waals surface area contributed by atoms with Gasteiger partial charge in [-0.05, 0) is 72.1 Å². The molecule has 45 heavy (non-hydrogen) atoms. The molecule has 0 saturated carbocycles. The molecule has 2 fully saturated rings. The number of carbonyl (C=O) groups is 3. The lowest BCUT2D eigenvalue weighted by atomic mass is 9.89. The highest BCUT2D eigenvalue weighted by molar-refractivity contribution is 5.71. The molecule has 6 atom stereocenters. The predicted octanol–water partition coefficient (Wildman–Crippen LogP) is 4.29. The van der Waals surface area contributed by atoms with Gasteiger partial charge in [0.2, 0.25) is 0 Å². The molecule has 11 heteroatoms. The van der Waals surface area contributed by atoms with E-state index >= 15 is 0 Å². The van der Waals surface area contributed by atoms with E-state index in [4.69, 9.17) is 14.2 Å². The largest absolute Gasteiger partial charge is 0.457 e. The molecule has 3 rings (SSSR count). The first-order chi connectivity index (χ1) is 21.1. The van der Waals surface area contributed by atoms with Crippen LogP contribution in [0.4, 0.5) is 9.59 Å². The van der Waals surface area contributed by atoms with Crippen LogP contribution in [0.2, 0.25) is 0 Å². The third-order valence-electron chi connectivity index (χ3n) is 9.15. The summed E-state index contributed by atoms with van der Waals surface area (Å²) in [7, 11) is 2.00. The van der Waals surface area contributed by atoms with Crippen LogP contribution in [-0.2, 0) is 19.0 Å². The molecule has 3 aliphatic heterocycles. The fourth-order valence-electron chi connectivity index (χ4n) is 5.90. The number of rotatable bonds is 6. The first kappa shape index (κ1) is 36.6. The Morgan fingerprint density at radius 1 is 1.11 bits per heavy atom. The smallest absolute Gasteiger partial charge is 0.410 e. The zero-order chi connectivity index (χ0) is 33.4. The second-order valence-electron chi connectivity index (χ2n) is 13.9. The molecule has 3 heterocycles. The number of piperazine rings is 1. The van der Waals surface area contributed by atoms with Crippen LogP contribution in [0, 0.1) is 11.8 Å². The van der Waals surface area contributed by atoms with Crippen LogP contribution in [0.5, 0.6) is 0 Å². The molecule has 0 radical (unpaired) electrons. The molecule has 0 bridgehead atoms. The lowest BCUT2D eigenvalue weighted by Crippen LogP contribution is -2.50. The normalized spacial score (nSPS) is 31.9. The van der Waals surface area contributed by atoms with Gasteiger partial charge in [-0.2, -0.15) is 0 Å². The standard InChI is InChI=1S/C34H55N3O8/c1-24(23-43-32(41)37-17-9-15-33(37,4)5)10-8-11-25(2)30-26(3)12-13-28(44-31(40)36-20-18-35(7)19-21-36)34(6,42)16-14-27(38)22-29(39)45-30/h8,10-13,24,26-28,30,38,42H,9,14-23H2,1-7H3/b10-8+,13-12-,25-11+/t24-,26+,27+,28+,30-,34+/m1/s1. The number of aliphatic hydroxyl groups excluding tert-OH is 1. The van der Waals surface area contributed by atoms with Gasteiger partial charge in [0.1, 0.15) is 11.7 Å². The Bertz CT molecular complexity index is 1110. The van der Waals surface area contributed by atoms with Crippen molar-refractivity contribution in [3.05, 3.63) is 36.0 Å². The van der Waals surface area contributed by atoms with Gasteiger partial charge < -0.3 is 39.1 Å². The minimum atomic E-state index is -1.46. The van der Waals surface area contributed by atoms with Crippen LogP contribution in [0.1, 0.15) is 73.6 Å². The number of amides is 2. The van der Waals surface area contributed by atoms with Gasteiger partial charge in [-0.15, -0.1) is 0 Å². The van der Waals surface area contributed by atoms with E-state index in [1.807, 2.05) is 59.9 Å². The molecule has 3 aliphatic rings. The maximum absolute atomic E-state index is 13.0. The van der Waals surface area contributed by atoms with Crippen LogP contribution in [0.25, 0.3) is 0 Å². The van der Waals surface area contributed by atoms with Gasteiger partial charge in [-0.3, -0.25) is 4.79 Å². The quantitative estimate of drug-likeness (QED) is 0.191. The minimum Gasteiger partial charge on any atom is -0.457 e. The molecule has 254 valence electrons. The minimum absolute atomic E-state index is 0.0342. The number of cyclic esters (lactones) is 1. The summed E-state index contributed by atoms with van der Waals surface area (Å²) in [6.07, 6.45) is 7.65. The van der Waals surface area contributed by atoms with E-state index in [1.165, 1.54) is 0 Å². The van der Waals surface area contributed by atoms with Crippen molar-refractivity contribution in [3.63, 3.8) is 0 Å². The summed E-state index contributed by atoms with van der Waals surface area (Å²) in [4.78, 5) is 43.9. The number of aliphatic hydroxyl groups is 2. The molecule has 0 aromatic rings. The highest BCUT2D eigenvalue weighted by Gasteiger charge is 2.38. The van der Waals surface area contributed by atoms with Crippen molar-refractivity contribution in [1.82, 2.24) is 14.7 Å². The Kier molecular flexibility index (Phi) is 13.1. The summed E-state index contributed by atoms with van der Waals surface area (Å²) < 4.78 is 17.2. The molecule has 0 aliphatic carbocycles. The van der Waals surface area contributed by atoms with Crippen LogP contribution in [0.3, 0.4) is 0 Å². The Labute approximate surface area is 268 Å². The fourth-order valence-corrected chi connectivity index (χ4v) is 5.90. The van der Waals surface area contributed by atoms with Crippen molar-refractivity contribution < 1.29 is 38.8 Å². The monoisotopic (exact) mass is 633 g/mol. The summed E-state index contributed by atoms with van der Waals surface area (Å²) >= 11 is 0. The topological polar surface area (TPSA) is 129 Å². The summed E-state index contributed by atoms with van der Waals surface area (Å²) in [6.45, 7) is 14.9. The summed E-state index contributed by atoms with van der Waals surface area (Å²) in [5, 5.41) is 21.9. The maximum atomic E-state index is 13.0. The van der Waals surface area contributed by atoms with Crippen LogP contribution >= 0.6 is 0 Å². The van der Waals surface area contributed by atoms with E-state index in [9.17, 15) is 24.6 Å². The van der Waals surface area contributed by atoms with E-state index in [-0.39, 0.29) is 49.3 Å². The molecule has 0 aromatic heterocycles. The number of allylic oxidation sites excluding steroid dienone is 2. The number of carbonyl (C=O) groups excluding carboxylic acids is 3. The molecule has 11 nitrogen and oxygen atoms in total. The Morgan fingerprint density at radius 2 is 1.80 bits per heavy atom. The summed E-state index contributed by atoms with van der Waals surface area (Å²) in [6, 6.07) is 0. The van der Waals surface area contributed by atoms with Gasteiger partial charge in [0.25, 0.3) is 0 Å². The van der Waals surface area contributed by atoms with Crippen LogP contribution in [0.15, 0.2) is 36.0 Å².